The molecule has 74 valence electrons. The number of nitrogens with two attached hydrogens (primary N) is 1. The number of nitrogen functional groups attached to an aromatic ring is 1. The number of piperazine rings is 1. The van der Waals surface area contributed by atoms with Crippen LogP contribution in [-0.4, -0.2) is 24.6 Å². The molecule has 1 fully saturated rings. The van der Waals surface area contributed by atoms with E-state index in [0.29, 0.717) is 5.82 Å². The first kappa shape index (κ1) is 9.02. The van der Waals surface area contributed by atoms with Gasteiger partial charge in [0.05, 0.1) is 11.9 Å². The zero-order valence-corrected chi connectivity index (χ0v) is 8.03. The summed E-state index contributed by atoms with van der Waals surface area (Å²) in [6.07, 6.45) is 1.78. The maximum atomic E-state index is 5.53. The minimum atomic E-state index is 0.550. The number of hydrogen-bond acceptors (Lipinski definition) is 4. The van der Waals surface area contributed by atoms with Crippen LogP contribution in [0.25, 0.3) is 0 Å². The summed E-state index contributed by atoms with van der Waals surface area (Å²) in [4.78, 5) is 6.22. The first-order valence-electron chi connectivity index (χ1n) is 4.65. The number of anilines is 2. The maximum Gasteiger partial charge on any atom is 0.123 e. The van der Waals surface area contributed by atoms with E-state index in [4.69, 9.17) is 5.73 Å². The normalized spacial score (nSPS) is 17.1. The Kier molecular flexibility index (Phi) is 2.37. The SMILES string of the molecule is C=C1CNCCN1c1ccc(N)nc1. The smallest absolute Gasteiger partial charge is 0.123 e. The predicted octanol–water partition coefficient (Wildman–Crippen LogP) is 0.587. The molecule has 0 spiro atoms. The van der Waals surface area contributed by atoms with Crippen molar-refractivity contribution in [3.8, 4) is 0 Å². The minimum absolute atomic E-state index is 0.550. The lowest BCUT2D eigenvalue weighted by atomic mass is 10.2. The molecular weight excluding hydrogens is 176 g/mol. The highest BCUT2D eigenvalue weighted by molar-refractivity contribution is 5.53. The van der Waals surface area contributed by atoms with E-state index in [1.54, 1.807) is 6.20 Å². The van der Waals surface area contributed by atoms with E-state index in [9.17, 15) is 0 Å². The lowest BCUT2D eigenvalue weighted by Crippen LogP contribution is -2.41. The fourth-order valence-corrected chi connectivity index (χ4v) is 1.55. The van der Waals surface area contributed by atoms with Crippen molar-refractivity contribution < 1.29 is 0 Å². The molecule has 0 radical (unpaired) electrons. The second-order valence-corrected chi connectivity index (χ2v) is 3.34. The van der Waals surface area contributed by atoms with E-state index >= 15 is 0 Å². The topological polar surface area (TPSA) is 54.2 Å². The summed E-state index contributed by atoms with van der Waals surface area (Å²) in [5, 5.41) is 3.26. The molecular formula is C10H14N4. The molecule has 0 bridgehead atoms. The Balaban J connectivity index is 2.20. The first-order valence-corrected chi connectivity index (χ1v) is 4.65. The van der Waals surface area contributed by atoms with Crippen molar-refractivity contribution >= 4 is 11.5 Å². The van der Waals surface area contributed by atoms with Crippen LogP contribution in [0.3, 0.4) is 0 Å². The molecule has 0 unspecified atom stereocenters. The van der Waals surface area contributed by atoms with Gasteiger partial charge in [0, 0.05) is 25.3 Å². The lowest BCUT2D eigenvalue weighted by molar-refractivity contribution is 0.647. The van der Waals surface area contributed by atoms with Crippen LogP contribution in [-0.2, 0) is 0 Å². The number of hydrogen-bond donors (Lipinski definition) is 2. The van der Waals surface area contributed by atoms with Crippen molar-refractivity contribution in [1.82, 2.24) is 10.3 Å². The first-order chi connectivity index (χ1) is 6.77. The van der Waals surface area contributed by atoms with Crippen LogP contribution in [0.15, 0.2) is 30.6 Å². The summed E-state index contributed by atoms with van der Waals surface area (Å²) in [6, 6.07) is 3.78. The van der Waals surface area contributed by atoms with Crippen molar-refractivity contribution in [3.05, 3.63) is 30.6 Å². The van der Waals surface area contributed by atoms with Gasteiger partial charge < -0.3 is 16.0 Å². The van der Waals surface area contributed by atoms with Gasteiger partial charge in [-0.05, 0) is 12.1 Å². The fraction of sp³-hybridized carbons (Fsp3) is 0.300. The van der Waals surface area contributed by atoms with Gasteiger partial charge in [0.15, 0.2) is 0 Å². The Morgan fingerprint density at radius 3 is 3.00 bits per heavy atom. The van der Waals surface area contributed by atoms with E-state index in [-0.39, 0.29) is 0 Å². The van der Waals surface area contributed by atoms with Crippen molar-refractivity contribution in [1.29, 1.82) is 0 Å². The summed E-state index contributed by atoms with van der Waals surface area (Å²) < 4.78 is 0. The van der Waals surface area contributed by atoms with Gasteiger partial charge in [-0.25, -0.2) is 4.98 Å². The summed E-state index contributed by atoms with van der Waals surface area (Å²) in [7, 11) is 0. The van der Waals surface area contributed by atoms with E-state index in [1.807, 2.05) is 12.1 Å². The van der Waals surface area contributed by atoms with E-state index in [1.165, 1.54) is 0 Å². The molecule has 4 nitrogen and oxygen atoms in total. The van der Waals surface area contributed by atoms with Gasteiger partial charge in [-0.2, -0.15) is 0 Å². The van der Waals surface area contributed by atoms with Crippen molar-refractivity contribution in [3.63, 3.8) is 0 Å². The Hall–Kier alpha value is -1.55. The molecule has 14 heavy (non-hydrogen) atoms. The van der Waals surface area contributed by atoms with Gasteiger partial charge >= 0.3 is 0 Å². The molecule has 0 aliphatic carbocycles. The second-order valence-electron chi connectivity index (χ2n) is 3.34. The van der Waals surface area contributed by atoms with Gasteiger partial charge in [-0.1, -0.05) is 6.58 Å². The van der Waals surface area contributed by atoms with E-state index < -0.39 is 0 Å². The molecule has 1 saturated heterocycles. The Morgan fingerprint density at radius 2 is 2.36 bits per heavy atom. The van der Waals surface area contributed by atoms with Gasteiger partial charge in [-0.3, -0.25) is 0 Å². The molecule has 1 aliphatic heterocycles. The van der Waals surface area contributed by atoms with Crippen LogP contribution < -0.4 is 16.0 Å². The van der Waals surface area contributed by atoms with Gasteiger partial charge in [0.2, 0.25) is 0 Å². The monoisotopic (exact) mass is 190 g/mol. The average molecular weight is 190 g/mol. The summed E-state index contributed by atoms with van der Waals surface area (Å²) in [5.74, 6) is 0.550. The van der Waals surface area contributed by atoms with Gasteiger partial charge in [0.25, 0.3) is 0 Å². The van der Waals surface area contributed by atoms with E-state index in [0.717, 1.165) is 31.0 Å². The average Bonchev–Trinajstić information content (AvgIpc) is 2.20. The lowest BCUT2D eigenvalue weighted by Gasteiger charge is -2.31. The minimum Gasteiger partial charge on any atom is -0.384 e. The summed E-state index contributed by atoms with van der Waals surface area (Å²) in [6.45, 7) is 6.75. The van der Waals surface area contributed by atoms with Crippen molar-refractivity contribution in [2.75, 3.05) is 30.3 Å². The molecule has 3 N–H and O–H groups in total. The molecule has 0 saturated carbocycles. The van der Waals surface area contributed by atoms with Crippen LogP contribution >= 0.6 is 0 Å². The maximum absolute atomic E-state index is 5.53. The van der Waals surface area contributed by atoms with Crippen molar-refractivity contribution in [2.45, 2.75) is 0 Å². The molecule has 0 atom stereocenters. The van der Waals surface area contributed by atoms with Crippen LogP contribution in [0, 0.1) is 0 Å². The number of pyridine rings is 1. The van der Waals surface area contributed by atoms with Crippen LogP contribution in [0.5, 0.6) is 0 Å². The zero-order chi connectivity index (χ0) is 9.97. The highest BCUT2D eigenvalue weighted by atomic mass is 15.2. The fourth-order valence-electron chi connectivity index (χ4n) is 1.55. The second kappa shape index (κ2) is 3.67. The largest absolute Gasteiger partial charge is 0.384 e. The molecule has 4 heteroatoms. The molecule has 2 heterocycles. The van der Waals surface area contributed by atoms with Crippen LogP contribution in [0.4, 0.5) is 11.5 Å². The van der Waals surface area contributed by atoms with E-state index in [2.05, 4.69) is 21.8 Å². The van der Waals surface area contributed by atoms with Crippen LogP contribution in [0.1, 0.15) is 0 Å². The Morgan fingerprint density at radius 1 is 1.50 bits per heavy atom. The highest BCUT2D eigenvalue weighted by Crippen LogP contribution is 2.18. The zero-order valence-electron chi connectivity index (χ0n) is 8.03. The third-order valence-corrected chi connectivity index (χ3v) is 2.31. The molecule has 0 aromatic carbocycles. The number of nitrogens with zero attached hydrogens (tertiary/aromatic N) is 2. The van der Waals surface area contributed by atoms with Gasteiger partial charge in [0.1, 0.15) is 5.82 Å². The quantitative estimate of drug-likeness (QED) is 0.680. The van der Waals surface area contributed by atoms with Crippen LogP contribution in [0.2, 0.25) is 0 Å². The van der Waals surface area contributed by atoms with Crippen molar-refractivity contribution in [2.24, 2.45) is 0 Å². The number of rotatable bonds is 1. The molecule has 2 rings (SSSR count). The highest BCUT2D eigenvalue weighted by Gasteiger charge is 2.13. The number of aromatic nitrogens is 1. The summed E-state index contributed by atoms with van der Waals surface area (Å²) in [5.41, 5.74) is 7.66. The standard InChI is InChI=1S/C10H14N4/c1-8-6-12-4-5-14(8)9-2-3-10(11)13-7-9/h2-3,7,12H,1,4-6H2,(H2,11,13). The predicted molar refractivity (Wildman–Crippen MR) is 58.0 cm³/mol. The molecule has 1 aromatic heterocycles. The Labute approximate surface area is 83.4 Å². The molecule has 1 aromatic rings. The molecule has 0 amide bonds. The third kappa shape index (κ3) is 1.70. The van der Waals surface area contributed by atoms with Gasteiger partial charge in [-0.15, -0.1) is 0 Å². The number of nitrogens with one attached hydrogen (secondary N) is 1. The summed E-state index contributed by atoms with van der Waals surface area (Å²) >= 11 is 0. The molecule has 1 aliphatic rings. The third-order valence-electron chi connectivity index (χ3n) is 2.31. The Bertz CT molecular complexity index is 330.